The zero-order chi connectivity index (χ0) is 12.9. The summed E-state index contributed by atoms with van der Waals surface area (Å²) in [7, 11) is 2.48. The van der Waals surface area contributed by atoms with Gasteiger partial charge < -0.3 is 14.2 Å². The van der Waals surface area contributed by atoms with Crippen molar-refractivity contribution in [3.05, 3.63) is 29.8 Å². The lowest BCUT2D eigenvalue weighted by Gasteiger charge is -2.19. The Kier molecular flexibility index (Phi) is 4.77. The van der Waals surface area contributed by atoms with Gasteiger partial charge in [0.05, 0.1) is 0 Å². The molecule has 0 fully saturated rings. The number of hydrogen-bond acceptors (Lipinski definition) is 3. The number of ether oxygens (including phenoxy) is 3. The Morgan fingerprint density at radius 3 is 2.12 bits per heavy atom. The summed E-state index contributed by atoms with van der Waals surface area (Å²) in [6, 6.07) is 5.50. The maximum atomic E-state index is 12.5. The second-order valence-corrected chi connectivity index (χ2v) is 3.28. The minimum atomic E-state index is -4.43. The topological polar surface area (TPSA) is 27.7 Å². The first-order valence-electron chi connectivity index (χ1n) is 4.80. The molecule has 0 bridgehead atoms. The highest BCUT2D eigenvalue weighted by Gasteiger charge is 2.41. The minimum absolute atomic E-state index is 0.0322. The molecule has 0 saturated heterocycles. The van der Waals surface area contributed by atoms with Crippen LogP contribution in [0, 0.1) is 0 Å². The van der Waals surface area contributed by atoms with Gasteiger partial charge in [-0.1, -0.05) is 12.1 Å². The summed E-state index contributed by atoms with van der Waals surface area (Å²) in [5, 5.41) is 0. The van der Waals surface area contributed by atoms with E-state index < -0.39 is 12.3 Å². The summed E-state index contributed by atoms with van der Waals surface area (Å²) in [5.41, 5.74) is 0.0322. The molecule has 1 aromatic rings. The van der Waals surface area contributed by atoms with Gasteiger partial charge >= 0.3 is 6.18 Å². The van der Waals surface area contributed by atoms with E-state index in [2.05, 4.69) is 9.47 Å². The Balaban J connectivity index is 2.78. The summed E-state index contributed by atoms with van der Waals surface area (Å²) in [4.78, 5) is 0. The number of methoxy groups -OCH3 is 2. The predicted molar refractivity (Wildman–Crippen MR) is 54.8 cm³/mol. The van der Waals surface area contributed by atoms with E-state index in [-0.39, 0.29) is 12.4 Å². The molecule has 0 heterocycles. The quantitative estimate of drug-likeness (QED) is 0.752. The van der Waals surface area contributed by atoms with Crippen molar-refractivity contribution < 1.29 is 27.4 Å². The van der Waals surface area contributed by atoms with Gasteiger partial charge in [0, 0.05) is 14.2 Å². The number of benzene rings is 1. The van der Waals surface area contributed by atoms with Crippen molar-refractivity contribution >= 4 is 0 Å². The lowest BCUT2D eigenvalue weighted by molar-refractivity contribution is -0.215. The SMILES string of the molecule is COCOc1ccc(C(OC)C(F)(F)F)cc1. The fraction of sp³-hybridized carbons (Fsp3) is 0.455. The molecule has 1 aromatic carbocycles. The van der Waals surface area contributed by atoms with Crippen molar-refractivity contribution in [2.45, 2.75) is 12.3 Å². The number of rotatable bonds is 5. The number of halogens is 3. The highest BCUT2D eigenvalue weighted by Crippen LogP contribution is 2.35. The molecule has 0 aliphatic heterocycles. The fourth-order valence-electron chi connectivity index (χ4n) is 1.32. The van der Waals surface area contributed by atoms with Crippen LogP contribution in [0.15, 0.2) is 24.3 Å². The normalized spacial score (nSPS) is 13.5. The summed E-state index contributed by atoms with van der Waals surface area (Å²) < 4.78 is 51.8. The minimum Gasteiger partial charge on any atom is -0.468 e. The standard InChI is InChI=1S/C11H13F3O3/c1-15-7-17-9-5-3-8(4-6-9)10(16-2)11(12,13)14/h3-6,10H,7H2,1-2H3. The lowest BCUT2D eigenvalue weighted by atomic mass is 10.1. The van der Waals surface area contributed by atoms with Gasteiger partial charge in [-0.05, 0) is 17.7 Å². The molecule has 17 heavy (non-hydrogen) atoms. The highest BCUT2D eigenvalue weighted by molar-refractivity contribution is 5.29. The Morgan fingerprint density at radius 1 is 1.12 bits per heavy atom. The van der Waals surface area contributed by atoms with Gasteiger partial charge in [-0.2, -0.15) is 13.2 Å². The molecular weight excluding hydrogens is 237 g/mol. The van der Waals surface area contributed by atoms with Crippen molar-refractivity contribution in [3.8, 4) is 5.75 Å². The maximum absolute atomic E-state index is 12.5. The van der Waals surface area contributed by atoms with E-state index in [1.807, 2.05) is 0 Å². The van der Waals surface area contributed by atoms with Crippen LogP contribution < -0.4 is 4.74 Å². The Bertz CT molecular complexity index is 335. The maximum Gasteiger partial charge on any atom is 0.418 e. The molecule has 0 N–H and O–H groups in total. The van der Waals surface area contributed by atoms with Gasteiger partial charge in [0.15, 0.2) is 12.9 Å². The molecule has 0 saturated carbocycles. The average Bonchev–Trinajstić information content (AvgIpc) is 2.27. The van der Waals surface area contributed by atoms with Gasteiger partial charge in [0.25, 0.3) is 0 Å². The van der Waals surface area contributed by atoms with Crippen LogP contribution in [0.1, 0.15) is 11.7 Å². The van der Waals surface area contributed by atoms with Gasteiger partial charge in [-0.3, -0.25) is 0 Å². The van der Waals surface area contributed by atoms with Crippen LogP contribution in [-0.4, -0.2) is 27.2 Å². The van der Waals surface area contributed by atoms with Crippen molar-refractivity contribution in [1.82, 2.24) is 0 Å². The molecule has 0 aliphatic carbocycles. The van der Waals surface area contributed by atoms with Crippen LogP contribution >= 0.6 is 0 Å². The van der Waals surface area contributed by atoms with Crippen molar-refractivity contribution in [2.24, 2.45) is 0 Å². The molecule has 6 heteroatoms. The van der Waals surface area contributed by atoms with Crippen LogP contribution in [0.3, 0.4) is 0 Å². The first-order chi connectivity index (χ1) is 7.99. The van der Waals surface area contributed by atoms with Gasteiger partial charge in [-0.25, -0.2) is 0 Å². The molecule has 1 atom stereocenters. The van der Waals surface area contributed by atoms with Gasteiger partial charge in [0.1, 0.15) is 5.75 Å². The molecule has 96 valence electrons. The van der Waals surface area contributed by atoms with Crippen LogP contribution in [0.2, 0.25) is 0 Å². The van der Waals surface area contributed by atoms with Crippen LogP contribution in [0.25, 0.3) is 0 Å². The molecule has 0 amide bonds. The summed E-state index contributed by atoms with van der Waals surface area (Å²) in [6.07, 6.45) is -6.34. The van der Waals surface area contributed by atoms with E-state index >= 15 is 0 Å². The van der Waals surface area contributed by atoms with E-state index in [1.54, 1.807) is 0 Å². The summed E-state index contributed by atoms with van der Waals surface area (Å²) in [5.74, 6) is 0.438. The van der Waals surface area contributed by atoms with Crippen molar-refractivity contribution in [1.29, 1.82) is 0 Å². The second kappa shape index (κ2) is 5.88. The molecule has 3 nitrogen and oxygen atoms in total. The van der Waals surface area contributed by atoms with Gasteiger partial charge in [-0.15, -0.1) is 0 Å². The Hall–Kier alpha value is -1.27. The average molecular weight is 250 g/mol. The summed E-state index contributed by atoms with van der Waals surface area (Å²) >= 11 is 0. The number of alkyl halides is 3. The van der Waals surface area contributed by atoms with Crippen molar-refractivity contribution in [2.75, 3.05) is 21.0 Å². The molecule has 0 radical (unpaired) electrons. The van der Waals surface area contributed by atoms with E-state index in [1.165, 1.54) is 31.4 Å². The smallest absolute Gasteiger partial charge is 0.418 e. The van der Waals surface area contributed by atoms with E-state index in [0.717, 1.165) is 7.11 Å². The predicted octanol–water partition coefficient (Wildman–Crippen LogP) is 2.92. The van der Waals surface area contributed by atoms with Gasteiger partial charge in [0.2, 0.25) is 0 Å². The largest absolute Gasteiger partial charge is 0.468 e. The van der Waals surface area contributed by atoms with Crippen LogP contribution in [0.4, 0.5) is 13.2 Å². The zero-order valence-corrected chi connectivity index (χ0v) is 9.45. The van der Waals surface area contributed by atoms with Crippen LogP contribution in [0.5, 0.6) is 5.75 Å². The first kappa shape index (κ1) is 13.8. The molecule has 1 rings (SSSR count). The summed E-state index contributed by atoms with van der Waals surface area (Å²) in [6.45, 7) is 0.0479. The Labute approximate surface area is 97.1 Å². The van der Waals surface area contributed by atoms with Crippen molar-refractivity contribution in [3.63, 3.8) is 0 Å². The molecule has 0 aromatic heterocycles. The first-order valence-corrected chi connectivity index (χ1v) is 4.80. The van der Waals surface area contributed by atoms with E-state index in [9.17, 15) is 13.2 Å². The zero-order valence-electron chi connectivity index (χ0n) is 9.45. The third kappa shape index (κ3) is 3.90. The number of hydrogen-bond donors (Lipinski definition) is 0. The highest BCUT2D eigenvalue weighted by atomic mass is 19.4. The van der Waals surface area contributed by atoms with E-state index in [4.69, 9.17) is 4.74 Å². The Morgan fingerprint density at radius 2 is 1.71 bits per heavy atom. The lowest BCUT2D eigenvalue weighted by Crippen LogP contribution is -2.22. The third-order valence-corrected chi connectivity index (χ3v) is 2.06. The third-order valence-electron chi connectivity index (χ3n) is 2.06. The second-order valence-electron chi connectivity index (χ2n) is 3.28. The fourth-order valence-corrected chi connectivity index (χ4v) is 1.32. The molecule has 0 spiro atoms. The molecule has 1 unspecified atom stereocenters. The molecule has 0 aliphatic rings. The monoisotopic (exact) mass is 250 g/mol. The van der Waals surface area contributed by atoms with Crippen LogP contribution in [-0.2, 0) is 9.47 Å². The van der Waals surface area contributed by atoms with E-state index in [0.29, 0.717) is 5.75 Å². The molecular formula is C11H13F3O3.